The standard InChI is InChI=1S/C18H19N7O3S/c1-11(26)21-13-3-4-15(28-2)14(9-13)22-16(27)10-29-18-24-23-17(25(18)19)12-5-7-20-8-6-12/h3-9H,10,19H2,1-2H3,(H,21,26)(H,22,27). The van der Waals surface area contributed by atoms with Gasteiger partial charge in [-0.1, -0.05) is 11.8 Å². The fourth-order valence-electron chi connectivity index (χ4n) is 2.48. The zero-order valence-corrected chi connectivity index (χ0v) is 16.6. The second-order valence-corrected chi connectivity index (χ2v) is 6.79. The first-order valence-electron chi connectivity index (χ1n) is 8.47. The molecule has 0 fully saturated rings. The van der Waals surface area contributed by atoms with Crippen LogP contribution in [0, 0.1) is 0 Å². The number of nitrogens with one attached hydrogen (secondary N) is 2. The Labute approximate surface area is 170 Å². The Hall–Kier alpha value is -3.60. The largest absolute Gasteiger partial charge is 0.495 e. The molecule has 0 unspecified atom stereocenters. The second-order valence-electron chi connectivity index (χ2n) is 5.85. The van der Waals surface area contributed by atoms with Gasteiger partial charge in [0.25, 0.3) is 0 Å². The topological polar surface area (TPSA) is 137 Å². The van der Waals surface area contributed by atoms with Gasteiger partial charge in [-0.05, 0) is 30.3 Å². The molecule has 150 valence electrons. The molecule has 0 saturated heterocycles. The van der Waals surface area contributed by atoms with Crippen LogP contribution < -0.4 is 21.2 Å². The van der Waals surface area contributed by atoms with Crippen LogP contribution in [0.1, 0.15) is 6.92 Å². The highest BCUT2D eigenvalue weighted by Gasteiger charge is 2.15. The van der Waals surface area contributed by atoms with Gasteiger partial charge in [0.05, 0.1) is 18.6 Å². The number of nitrogens with two attached hydrogens (primary N) is 1. The minimum Gasteiger partial charge on any atom is -0.495 e. The van der Waals surface area contributed by atoms with E-state index in [-0.39, 0.29) is 17.6 Å². The number of carbonyl (C=O) groups is 2. The lowest BCUT2D eigenvalue weighted by Crippen LogP contribution is -2.17. The first-order valence-corrected chi connectivity index (χ1v) is 9.45. The third-order valence-electron chi connectivity index (χ3n) is 3.73. The number of hydrogen-bond donors (Lipinski definition) is 3. The highest BCUT2D eigenvalue weighted by molar-refractivity contribution is 7.99. The minimum absolute atomic E-state index is 0.0548. The van der Waals surface area contributed by atoms with E-state index in [2.05, 4.69) is 25.8 Å². The monoisotopic (exact) mass is 413 g/mol. The van der Waals surface area contributed by atoms with Crippen LogP contribution in [0.3, 0.4) is 0 Å². The highest BCUT2D eigenvalue weighted by atomic mass is 32.2. The van der Waals surface area contributed by atoms with E-state index < -0.39 is 0 Å². The number of ether oxygens (including phenoxy) is 1. The summed E-state index contributed by atoms with van der Waals surface area (Å²) in [7, 11) is 1.50. The first kappa shape index (κ1) is 20.1. The van der Waals surface area contributed by atoms with Gasteiger partial charge in [-0.25, -0.2) is 4.68 Å². The van der Waals surface area contributed by atoms with Crippen LogP contribution in [-0.4, -0.2) is 44.5 Å². The van der Waals surface area contributed by atoms with Crippen molar-refractivity contribution < 1.29 is 14.3 Å². The van der Waals surface area contributed by atoms with Crippen LogP contribution in [0.5, 0.6) is 5.75 Å². The maximum absolute atomic E-state index is 12.4. The van der Waals surface area contributed by atoms with Gasteiger partial charge in [0.15, 0.2) is 5.82 Å². The number of thioether (sulfide) groups is 1. The summed E-state index contributed by atoms with van der Waals surface area (Å²) in [6, 6.07) is 8.50. The molecule has 0 saturated carbocycles. The van der Waals surface area contributed by atoms with Crippen molar-refractivity contribution in [2.75, 3.05) is 29.3 Å². The van der Waals surface area contributed by atoms with Gasteiger partial charge in [0.2, 0.25) is 17.0 Å². The summed E-state index contributed by atoms with van der Waals surface area (Å²) in [4.78, 5) is 27.6. The molecule has 0 bridgehead atoms. The Morgan fingerprint density at radius 1 is 1.17 bits per heavy atom. The van der Waals surface area contributed by atoms with Gasteiger partial charge >= 0.3 is 0 Å². The minimum atomic E-state index is -0.290. The quantitative estimate of drug-likeness (QED) is 0.393. The normalized spacial score (nSPS) is 10.4. The third kappa shape index (κ3) is 5.02. The Bertz CT molecular complexity index is 1020. The molecule has 11 heteroatoms. The SMILES string of the molecule is COc1ccc(NC(C)=O)cc1NC(=O)CSc1nnc(-c2ccncc2)n1N. The number of aromatic nitrogens is 4. The van der Waals surface area contributed by atoms with Gasteiger partial charge in [0.1, 0.15) is 5.75 Å². The van der Waals surface area contributed by atoms with Crippen molar-refractivity contribution in [1.29, 1.82) is 0 Å². The Balaban J connectivity index is 1.66. The van der Waals surface area contributed by atoms with Crippen molar-refractivity contribution >= 4 is 35.0 Å². The third-order valence-corrected chi connectivity index (χ3v) is 4.67. The molecule has 0 radical (unpaired) electrons. The number of benzene rings is 1. The number of carbonyl (C=O) groups excluding carboxylic acids is 2. The summed E-state index contributed by atoms with van der Waals surface area (Å²) in [6.45, 7) is 1.41. The predicted molar refractivity (Wildman–Crippen MR) is 110 cm³/mol. The van der Waals surface area contributed by atoms with Gasteiger partial charge in [-0.2, -0.15) is 0 Å². The fraction of sp³-hybridized carbons (Fsp3) is 0.167. The van der Waals surface area contributed by atoms with E-state index >= 15 is 0 Å². The van der Waals surface area contributed by atoms with E-state index in [1.807, 2.05) is 0 Å². The Morgan fingerprint density at radius 2 is 1.93 bits per heavy atom. The van der Waals surface area contributed by atoms with E-state index in [1.165, 1.54) is 18.7 Å². The molecule has 2 amide bonds. The zero-order valence-electron chi connectivity index (χ0n) is 15.7. The first-order chi connectivity index (χ1) is 14.0. The summed E-state index contributed by atoms with van der Waals surface area (Å²) in [5.74, 6) is 6.54. The van der Waals surface area contributed by atoms with Crippen LogP contribution in [0.4, 0.5) is 11.4 Å². The van der Waals surface area contributed by atoms with Crippen LogP contribution in [-0.2, 0) is 9.59 Å². The van der Waals surface area contributed by atoms with Gasteiger partial charge in [-0.15, -0.1) is 10.2 Å². The van der Waals surface area contributed by atoms with Crippen molar-refractivity contribution in [3.8, 4) is 17.1 Å². The molecule has 29 heavy (non-hydrogen) atoms. The molecule has 4 N–H and O–H groups in total. The van der Waals surface area contributed by atoms with Crippen molar-refractivity contribution in [2.45, 2.75) is 12.1 Å². The van der Waals surface area contributed by atoms with E-state index in [0.29, 0.717) is 28.1 Å². The van der Waals surface area contributed by atoms with E-state index in [0.717, 1.165) is 17.3 Å². The molecule has 0 aliphatic rings. The number of methoxy groups -OCH3 is 1. The average molecular weight is 413 g/mol. The zero-order chi connectivity index (χ0) is 20.8. The van der Waals surface area contributed by atoms with Crippen LogP contribution in [0.25, 0.3) is 11.4 Å². The van der Waals surface area contributed by atoms with Crippen LogP contribution in [0.2, 0.25) is 0 Å². The molecule has 0 spiro atoms. The van der Waals surface area contributed by atoms with E-state index in [4.69, 9.17) is 10.6 Å². The summed E-state index contributed by atoms with van der Waals surface area (Å²) in [5, 5.41) is 13.9. The second kappa shape index (κ2) is 9.06. The molecule has 3 rings (SSSR count). The number of pyridine rings is 1. The van der Waals surface area contributed by atoms with Crippen molar-refractivity contribution in [3.63, 3.8) is 0 Å². The lowest BCUT2D eigenvalue weighted by Gasteiger charge is -2.12. The van der Waals surface area contributed by atoms with Crippen molar-refractivity contribution in [2.24, 2.45) is 0 Å². The summed E-state index contributed by atoms with van der Waals surface area (Å²) < 4.78 is 6.58. The van der Waals surface area contributed by atoms with E-state index in [9.17, 15) is 9.59 Å². The predicted octanol–water partition coefficient (Wildman–Crippen LogP) is 1.75. The fourth-order valence-corrected chi connectivity index (χ4v) is 3.13. The maximum atomic E-state index is 12.4. The van der Waals surface area contributed by atoms with Crippen LogP contribution >= 0.6 is 11.8 Å². The van der Waals surface area contributed by atoms with Gasteiger partial charge in [-0.3, -0.25) is 14.6 Å². The molecule has 10 nitrogen and oxygen atoms in total. The molecule has 0 aliphatic heterocycles. The van der Waals surface area contributed by atoms with Crippen molar-refractivity contribution in [1.82, 2.24) is 19.9 Å². The number of hydrogen-bond acceptors (Lipinski definition) is 8. The number of rotatable bonds is 7. The Kier molecular flexibility index (Phi) is 6.29. The molecule has 1 aromatic carbocycles. The highest BCUT2D eigenvalue weighted by Crippen LogP contribution is 2.28. The van der Waals surface area contributed by atoms with Gasteiger partial charge in [0, 0.05) is 30.6 Å². The molecular weight excluding hydrogens is 394 g/mol. The molecule has 2 heterocycles. The lowest BCUT2D eigenvalue weighted by atomic mass is 10.2. The van der Waals surface area contributed by atoms with Crippen molar-refractivity contribution in [3.05, 3.63) is 42.7 Å². The maximum Gasteiger partial charge on any atom is 0.234 e. The summed E-state index contributed by atoms with van der Waals surface area (Å²) >= 11 is 1.14. The number of nitrogen functional groups attached to an aromatic ring is 1. The summed E-state index contributed by atoms with van der Waals surface area (Å²) in [6.07, 6.45) is 3.26. The molecule has 0 atom stereocenters. The Morgan fingerprint density at radius 3 is 2.62 bits per heavy atom. The molecule has 0 aliphatic carbocycles. The molecular formula is C18H19N7O3S. The average Bonchev–Trinajstić information content (AvgIpc) is 3.07. The smallest absolute Gasteiger partial charge is 0.234 e. The van der Waals surface area contributed by atoms with E-state index in [1.54, 1.807) is 42.7 Å². The lowest BCUT2D eigenvalue weighted by molar-refractivity contribution is -0.114. The number of anilines is 2. The molecule has 2 aromatic heterocycles. The van der Waals surface area contributed by atoms with Gasteiger partial charge < -0.3 is 21.2 Å². The number of nitrogens with zero attached hydrogens (tertiary/aromatic N) is 4. The van der Waals surface area contributed by atoms with Crippen LogP contribution in [0.15, 0.2) is 47.9 Å². The summed E-state index contributed by atoms with van der Waals surface area (Å²) in [5.41, 5.74) is 1.76. The molecule has 3 aromatic rings. The number of amides is 2.